The second kappa shape index (κ2) is 7.97. The number of nitrogens with zero attached hydrogens (tertiary/aromatic N) is 4. The summed E-state index contributed by atoms with van der Waals surface area (Å²) < 4.78 is 12.1. The SMILES string of the molecule is COc1ccc(C(=O)CSc2nnc3sc(-c4cc5ccccc5oc4=O)nn23)cc1. The minimum Gasteiger partial charge on any atom is -0.497 e. The van der Waals surface area contributed by atoms with Crippen molar-refractivity contribution in [3.8, 4) is 16.3 Å². The van der Waals surface area contributed by atoms with Crippen molar-refractivity contribution in [1.29, 1.82) is 0 Å². The number of carbonyl (C=O) groups is 1. The Morgan fingerprint density at radius 2 is 1.97 bits per heavy atom. The van der Waals surface area contributed by atoms with Crippen molar-refractivity contribution in [1.82, 2.24) is 19.8 Å². The molecule has 0 N–H and O–H groups in total. The van der Waals surface area contributed by atoms with Crippen LogP contribution in [-0.4, -0.2) is 38.5 Å². The van der Waals surface area contributed by atoms with E-state index in [9.17, 15) is 9.59 Å². The van der Waals surface area contributed by atoms with Crippen LogP contribution in [0.25, 0.3) is 26.5 Å². The molecule has 5 rings (SSSR count). The molecule has 8 nitrogen and oxygen atoms in total. The van der Waals surface area contributed by atoms with Crippen LogP contribution >= 0.6 is 23.1 Å². The van der Waals surface area contributed by atoms with E-state index in [4.69, 9.17) is 9.15 Å². The zero-order valence-electron chi connectivity index (χ0n) is 16.1. The summed E-state index contributed by atoms with van der Waals surface area (Å²) in [6.07, 6.45) is 0. The average Bonchev–Trinajstić information content (AvgIpc) is 3.38. The Bertz CT molecular complexity index is 1470. The second-order valence-corrected chi connectivity index (χ2v) is 8.41. The molecule has 0 aliphatic heterocycles. The highest BCUT2D eigenvalue weighted by molar-refractivity contribution is 7.99. The Labute approximate surface area is 183 Å². The van der Waals surface area contributed by atoms with Gasteiger partial charge in [0, 0.05) is 10.9 Å². The Kier molecular flexibility index (Phi) is 5.00. The van der Waals surface area contributed by atoms with E-state index in [0.717, 1.165) is 5.39 Å². The van der Waals surface area contributed by atoms with Gasteiger partial charge in [-0.15, -0.1) is 10.2 Å². The van der Waals surface area contributed by atoms with Crippen molar-refractivity contribution in [2.75, 3.05) is 12.9 Å². The highest BCUT2D eigenvalue weighted by Gasteiger charge is 2.18. The first-order chi connectivity index (χ1) is 15.1. The lowest BCUT2D eigenvalue weighted by molar-refractivity contribution is 0.102. The summed E-state index contributed by atoms with van der Waals surface area (Å²) in [6, 6.07) is 16.0. The monoisotopic (exact) mass is 450 g/mol. The minimum atomic E-state index is -0.465. The van der Waals surface area contributed by atoms with E-state index in [-0.39, 0.29) is 11.5 Å². The number of ketones is 1. The van der Waals surface area contributed by atoms with Gasteiger partial charge >= 0.3 is 5.63 Å². The van der Waals surface area contributed by atoms with Gasteiger partial charge in [0.15, 0.2) is 10.8 Å². The number of fused-ring (bicyclic) bond motifs is 2. The zero-order valence-corrected chi connectivity index (χ0v) is 17.8. The molecule has 0 aliphatic carbocycles. The smallest absolute Gasteiger partial charge is 0.346 e. The first-order valence-electron chi connectivity index (χ1n) is 9.18. The normalized spacial score (nSPS) is 11.3. The molecule has 3 heterocycles. The van der Waals surface area contributed by atoms with Crippen LogP contribution in [0.15, 0.2) is 69.0 Å². The van der Waals surface area contributed by atoms with E-state index >= 15 is 0 Å². The minimum absolute atomic E-state index is 0.0463. The van der Waals surface area contributed by atoms with Gasteiger partial charge in [-0.2, -0.15) is 9.61 Å². The highest BCUT2D eigenvalue weighted by Crippen LogP contribution is 2.28. The summed E-state index contributed by atoms with van der Waals surface area (Å²) in [6.45, 7) is 0. The number of rotatable bonds is 6. The predicted octanol–water partition coefficient (Wildman–Crippen LogP) is 3.94. The van der Waals surface area contributed by atoms with Crippen molar-refractivity contribution < 1.29 is 13.9 Å². The fourth-order valence-electron chi connectivity index (χ4n) is 3.00. The lowest BCUT2D eigenvalue weighted by atomic mass is 10.1. The average molecular weight is 451 g/mol. The lowest BCUT2D eigenvalue weighted by Gasteiger charge is -2.02. The molecule has 0 bridgehead atoms. The number of benzene rings is 2. The topological polar surface area (TPSA) is 99.6 Å². The third-order valence-corrected chi connectivity index (χ3v) is 6.43. The van der Waals surface area contributed by atoms with Gasteiger partial charge in [-0.05, 0) is 36.4 Å². The van der Waals surface area contributed by atoms with Gasteiger partial charge in [-0.1, -0.05) is 41.3 Å². The number of aromatic nitrogens is 4. The fourth-order valence-corrected chi connectivity index (χ4v) is 4.68. The van der Waals surface area contributed by atoms with Crippen LogP contribution in [0.3, 0.4) is 0 Å². The van der Waals surface area contributed by atoms with Crippen molar-refractivity contribution in [3.63, 3.8) is 0 Å². The molecule has 0 fully saturated rings. The van der Waals surface area contributed by atoms with E-state index < -0.39 is 5.63 Å². The fraction of sp³-hybridized carbons (Fsp3) is 0.0952. The molecule has 31 heavy (non-hydrogen) atoms. The summed E-state index contributed by atoms with van der Waals surface area (Å²) in [7, 11) is 1.58. The highest BCUT2D eigenvalue weighted by atomic mass is 32.2. The van der Waals surface area contributed by atoms with Crippen molar-refractivity contribution in [3.05, 3.63) is 70.6 Å². The summed E-state index contributed by atoms with van der Waals surface area (Å²) in [5.41, 5.74) is 1.00. The zero-order chi connectivity index (χ0) is 21.4. The molecule has 0 unspecified atom stereocenters. The van der Waals surface area contributed by atoms with Gasteiger partial charge in [0.05, 0.1) is 18.4 Å². The summed E-state index contributed by atoms with van der Waals surface area (Å²) in [5.74, 6) is 0.824. The molecule has 2 aromatic carbocycles. The standard InChI is InChI=1S/C21H14N4O4S2/c1-28-14-8-6-12(7-9-14)16(26)11-30-20-22-23-21-25(20)24-18(31-21)15-10-13-4-2-3-5-17(13)29-19(15)27/h2-10H,11H2,1H3. The molecule has 154 valence electrons. The summed E-state index contributed by atoms with van der Waals surface area (Å²) in [5, 5.41) is 14.5. The number of hydrogen-bond acceptors (Lipinski definition) is 9. The Morgan fingerprint density at radius 1 is 1.16 bits per heavy atom. The molecular weight excluding hydrogens is 436 g/mol. The van der Waals surface area contributed by atoms with Gasteiger partial charge in [0.1, 0.15) is 11.3 Å². The third kappa shape index (κ3) is 3.71. The molecule has 10 heteroatoms. The van der Waals surface area contributed by atoms with E-state index in [1.54, 1.807) is 48.0 Å². The largest absolute Gasteiger partial charge is 0.497 e. The molecule has 0 saturated heterocycles. The van der Waals surface area contributed by atoms with Gasteiger partial charge in [-0.3, -0.25) is 4.79 Å². The Morgan fingerprint density at radius 3 is 2.77 bits per heavy atom. The molecule has 5 aromatic rings. The Balaban J connectivity index is 1.40. The molecular formula is C21H14N4O4S2. The quantitative estimate of drug-likeness (QED) is 0.218. The maximum atomic E-state index is 12.5. The Hall–Kier alpha value is -3.50. The van der Waals surface area contributed by atoms with Crippen LogP contribution in [0, 0.1) is 0 Å². The number of para-hydroxylation sites is 1. The van der Waals surface area contributed by atoms with Crippen molar-refractivity contribution in [2.24, 2.45) is 0 Å². The number of carbonyl (C=O) groups excluding carboxylic acids is 1. The number of methoxy groups -OCH3 is 1. The number of ether oxygens (including phenoxy) is 1. The molecule has 0 saturated carbocycles. The number of hydrogen-bond donors (Lipinski definition) is 0. The third-order valence-electron chi connectivity index (χ3n) is 4.58. The predicted molar refractivity (Wildman–Crippen MR) is 118 cm³/mol. The van der Waals surface area contributed by atoms with E-state index in [1.165, 1.54) is 23.1 Å². The summed E-state index contributed by atoms with van der Waals surface area (Å²) >= 11 is 2.47. The van der Waals surface area contributed by atoms with Crippen LogP contribution < -0.4 is 10.4 Å². The van der Waals surface area contributed by atoms with Crippen LogP contribution in [0.4, 0.5) is 0 Å². The number of thioether (sulfide) groups is 1. The maximum absolute atomic E-state index is 12.5. The number of Topliss-reactive ketones (excluding diaryl/α,β-unsaturated/α-hetero) is 1. The molecule has 0 spiro atoms. The lowest BCUT2D eigenvalue weighted by Crippen LogP contribution is -2.04. The van der Waals surface area contributed by atoms with Gasteiger partial charge in [0.25, 0.3) is 0 Å². The van der Waals surface area contributed by atoms with E-state index in [1.807, 2.05) is 18.2 Å². The molecule has 0 aliphatic rings. The van der Waals surface area contributed by atoms with Crippen molar-refractivity contribution >= 4 is 44.8 Å². The van der Waals surface area contributed by atoms with Gasteiger partial charge in [0.2, 0.25) is 10.1 Å². The van der Waals surface area contributed by atoms with Crippen molar-refractivity contribution in [2.45, 2.75) is 5.16 Å². The van der Waals surface area contributed by atoms with Crippen LogP contribution in [0.1, 0.15) is 10.4 Å². The van der Waals surface area contributed by atoms with Crippen LogP contribution in [0.2, 0.25) is 0 Å². The van der Waals surface area contributed by atoms with E-state index in [2.05, 4.69) is 15.3 Å². The first kappa shape index (κ1) is 19.5. The van der Waals surface area contributed by atoms with Crippen LogP contribution in [-0.2, 0) is 0 Å². The summed E-state index contributed by atoms with van der Waals surface area (Å²) in [4.78, 5) is 25.4. The van der Waals surface area contributed by atoms with Gasteiger partial charge < -0.3 is 9.15 Å². The molecule has 0 radical (unpaired) electrons. The van der Waals surface area contributed by atoms with Crippen LogP contribution in [0.5, 0.6) is 5.75 Å². The first-order valence-corrected chi connectivity index (χ1v) is 11.0. The van der Waals surface area contributed by atoms with Gasteiger partial charge in [-0.25, -0.2) is 4.79 Å². The second-order valence-electron chi connectivity index (χ2n) is 6.51. The molecule has 0 amide bonds. The maximum Gasteiger partial charge on any atom is 0.346 e. The molecule has 3 aromatic heterocycles. The molecule has 0 atom stereocenters. The van der Waals surface area contributed by atoms with E-state index in [0.29, 0.717) is 37.6 Å².